The first kappa shape index (κ1) is 14.0. The van der Waals surface area contributed by atoms with E-state index >= 15 is 0 Å². The number of hydrogen-bond acceptors (Lipinski definition) is 5. The molecule has 2 bridgehead atoms. The molecular formula is C14H20O5. The highest BCUT2D eigenvalue weighted by Crippen LogP contribution is 2.66. The number of esters is 3. The Kier molecular flexibility index (Phi) is 2.81. The highest BCUT2D eigenvalue weighted by Gasteiger charge is 2.76. The summed E-state index contributed by atoms with van der Waals surface area (Å²) in [5, 5.41) is 0. The molecule has 0 aromatic rings. The van der Waals surface area contributed by atoms with Gasteiger partial charge < -0.3 is 9.47 Å². The van der Waals surface area contributed by atoms with Gasteiger partial charge >= 0.3 is 17.9 Å². The first-order chi connectivity index (χ1) is 8.59. The zero-order valence-electron chi connectivity index (χ0n) is 12.0. The maximum atomic E-state index is 12.4. The number of cyclic esters (lactones) is 2. The SMILES string of the molecule is CC(C)OC(=O)[C@]12CC[C@@](C)(C(=O)OC1=O)C2(C)C. The number of rotatable bonds is 2. The third-order valence-corrected chi connectivity index (χ3v) is 5.12. The molecule has 19 heavy (non-hydrogen) atoms. The Labute approximate surface area is 112 Å². The third-order valence-electron chi connectivity index (χ3n) is 5.12. The Hall–Kier alpha value is -1.39. The average molecular weight is 268 g/mol. The van der Waals surface area contributed by atoms with E-state index in [2.05, 4.69) is 0 Å². The number of fused-ring (bicyclic) bond motifs is 2. The Morgan fingerprint density at radius 2 is 1.74 bits per heavy atom. The summed E-state index contributed by atoms with van der Waals surface area (Å²) < 4.78 is 10.1. The average Bonchev–Trinajstić information content (AvgIpc) is 2.40. The van der Waals surface area contributed by atoms with Gasteiger partial charge in [-0.2, -0.15) is 0 Å². The molecule has 1 saturated carbocycles. The topological polar surface area (TPSA) is 69.7 Å². The van der Waals surface area contributed by atoms with Gasteiger partial charge in [-0.3, -0.25) is 14.4 Å². The number of hydrogen-bond donors (Lipinski definition) is 0. The molecule has 0 unspecified atom stereocenters. The van der Waals surface area contributed by atoms with Gasteiger partial charge in [0.25, 0.3) is 0 Å². The minimum absolute atomic E-state index is 0.298. The third kappa shape index (κ3) is 1.44. The van der Waals surface area contributed by atoms with E-state index in [1.165, 1.54) is 0 Å². The van der Waals surface area contributed by atoms with E-state index in [4.69, 9.17) is 9.47 Å². The Balaban J connectivity index is 2.53. The van der Waals surface area contributed by atoms with E-state index in [-0.39, 0.29) is 6.10 Å². The second-order valence-corrected chi connectivity index (χ2v) is 6.49. The molecule has 0 spiro atoms. The summed E-state index contributed by atoms with van der Waals surface area (Å²) in [6.07, 6.45) is 0.444. The van der Waals surface area contributed by atoms with E-state index in [0.29, 0.717) is 12.8 Å². The van der Waals surface area contributed by atoms with Crippen molar-refractivity contribution in [2.24, 2.45) is 16.2 Å². The van der Waals surface area contributed by atoms with Crippen molar-refractivity contribution < 1.29 is 23.9 Å². The molecule has 2 fully saturated rings. The van der Waals surface area contributed by atoms with Gasteiger partial charge in [0.15, 0.2) is 5.41 Å². The van der Waals surface area contributed by atoms with Gasteiger partial charge in [0.2, 0.25) is 0 Å². The molecule has 0 radical (unpaired) electrons. The van der Waals surface area contributed by atoms with Crippen LogP contribution in [-0.4, -0.2) is 24.0 Å². The van der Waals surface area contributed by atoms with Crippen molar-refractivity contribution in [1.82, 2.24) is 0 Å². The van der Waals surface area contributed by atoms with Crippen molar-refractivity contribution in [2.45, 2.75) is 53.6 Å². The fraction of sp³-hybridized carbons (Fsp3) is 0.786. The van der Waals surface area contributed by atoms with Crippen molar-refractivity contribution in [3.05, 3.63) is 0 Å². The summed E-state index contributed by atoms with van der Waals surface area (Å²) in [6.45, 7) is 8.77. The smallest absolute Gasteiger partial charge is 0.331 e. The van der Waals surface area contributed by atoms with Gasteiger partial charge in [-0.25, -0.2) is 0 Å². The summed E-state index contributed by atoms with van der Waals surface area (Å²) in [6, 6.07) is 0. The van der Waals surface area contributed by atoms with E-state index in [1.807, 2.05) is 0 Å². The molecule has 1 saturated heterocycles. The first-order valence-corrected chi connectivity index (χ1v) is 6.57. The Bertz CT molecular complexity index is 464. The van der Waals surface area contributed by atoms with Crippen molar-refractivity contribution in [3.63, 3.8) is 0 Å². The van der Waals surface area contributed by atoms with Crippen molar-refractivity contribution in [2.75, 3.05) is 0 Å². The molecule has 1 aliphatic heterocycles. The number of carbonyl (C=O) groups is 3. The van der Waals surface area contributed by atoms with Crippen molar-refractivity contribution >= 4 is 17.9 Å². The molecule has 0 aromatic heterocycles. The summed E-state index contributed by atoms with van der Waals surface area (Å²) >= 11 is 0. The van der Waals surface area contributed by atoms with Crippen LogP contribution in [0.2, 0.25) is 0 Å². The standard InChI is InChI=1S/C14H20O5/c1-8(2)18-10(16)14-7-6-13(5,12(14,3)4)9(15)19-11(14)17/h8H,6-7H2,1-5H3/t13-,14+/m0/s1. The van der Waals surface area contributed by atoms with E-state index in [0.717, 1.165) is 0 Å². The lowest BCUT2D eigenvalue weighted by molar-refractivity contribution is -0.204. The summed E-state index contributed by atoms with van der Waals surface area (Å²) in [7, 11) is 0. The van der Waals surface area contributed by atoms with Crippen LogP contribution in [0.5, 0.6) is 0 Å². The summed E-state index contributed by atoms with van der Waals surface area (Å²) in [4.78, 5) is 36.6. The molecule has 106 valence electrons. The van der Waals surface area contributed by atoms with Crippen LogP contribution in [0.3, 0.4) is 0 Å². The predicted molar refractivity (Wildman–Crippen MR) is 65.9 cm³/mol. The van der Waals surface area contributed by atoms with E-state index in [9.17, 15) is 14.4 Å². The normalized spacial score (nSPS) is 36.3. The fourth-order valence-corrected chi connectivity index (χ4v) is 3.29. The zero-order chi connectivity index (χ0) is 14.6. The lowest BCUT2D eigenvalue weighted by Gasteiger charge is -2.47. The fourth-order valence-electron chi connectivity index (χ4n) is 3.29. The van der Waals surface area contributed by atoms with Crippen LogP contribution in [0.1, 0.15) is 47.5 Å². The number of ether oxygens (including phenoxy) is 2. The lowest BCUT2D eigenvalue weighted by atomic mass is 9.57. The highest BCUT2D eigenvalue weighted by atomic mass is 16.6. The molecule has 0 aromatic carbocycles. The van der Waals surface area contributed by atoms with Gasteiger partial charge in [-0.15, -0.1) is 0 Å². The molecule has 0 N–H and O–H groups in total. The van der Waals surface area contributed by atoms with Crippen LogP contribution >= 0.6 is 0 Å². The molecular weight excluding hydrogens is 248 g/mol. The van der Waals surface area contributed by atoms with Gasteiger partial charge in [0.05, 0.1) is 11.5 Å². The highest BCUT2D eigenvalue weighted by molar-refractivity contribution is 6.09. The van der Waals surface area contributed by atoms with Crippen LogP contribution in [0, 0.1) is 16.2 Å². The molecule has 0 amide bonds. The second kappa shape index (κ2) is 3.81. The number of carbonyl (C=O) groups excluding carboxylic acids is 3. The molecule has 5 heteroatoms. The predicted octanol–water partition coefficient (Wildman–Crippen LogP) is 1.83. The van der Waals surface area contributed by atoms with Crippen LogP contribution in [0.25, 0.3) is 0 Å². The maximum Gasteiger partial charge on any atom is 0.331 e. The summed E-state index contributed by atoms with van der Waals surface area (Å²) in [5.41, 5.74) is -2.99. The zero-order valence-corrected chi connectivity index (χ0v) is 12.0. The van der Waals surface area contributed by atoms with Gasteiger partial charge in [-0.05, 0) is 33.6 Å². The van der Waals surface area contributed by atoms with Crippen molar-refractivity contribution in [1.29, 1.82) is 0 Å². The van der Waals surface area contributed by atoms with Crippen LogP contribution < -0.4 is 0 Å². The maximum absolute atomic E-state index is 12.4. The largest absolute Gasteiger partial charge is 0.462 e. The van der Waals surface area contributed by atoms with Crippen LogP contribution in [-0.2, 0) is 23.9 Å². The van der Waals surface area contributed by atoms with Crippen LogP contribution in [0.4, 0.5) is 0 Å². The minimum atomic E-state index is -1.36. The Morgan fingerprint density at radius 1 is 1.16 bits per heavy atom. The molecule has 1 heterocycles. The second-order valence-electron chi connectivity index (χ2n) is 6.49. The van der Waals surface area contributed by atoms with Crippen molar-refractivity contribution in [3.8, 4) is 0 Å². The quantitative estimate of drug-likeness (QED) is 0.564. The van der Waals surface area contributed by atoms with E-state index < -0.39 is 34.2 Å². The van der Waals surface area contributed by atoms with Gasteiger partial charge in [0, 0.05) is 5.41 Å². The molecule has 2 aliphatic rings. The van der Waals surface area contributed by atoms with Gasteiger partial charge in [-0.1, -0.05) is 13.8 Å². The minimum Gasteiger partial charge on any atom is -0.462 e. The molecule has 2 rings (SSSR count). The first-order valence-electron chi connectivity index (χ1n) is 6.57. The molecule has 2 atom stereocenters. The lowest BCUT2D eigenvalue weighted by Crippen LogP contribution is -2.60. The van der Waals surface area contributed by atoms with Gasteiger partial charge in [0.1, 0.15) is 0 Å². The summed E-state index contributed by atoms with van der Waals surface area (Å²) in [5.74, 6) is -1.87. The van der Waals surface area contributed by atoms with E-state index in [1.54, 1.807) is 34.6 Å². The molecule has 5 nitrogen and oxygen atoms in total. The monoisotopic (exact) mass is 268 g/mol. The molecule has 1 aliphatic carbocycles. The van der Waals surface area contributed by atoms with Crippen LogP contribution in [0.15, 0.2) is 0 Å². The Morgan fingerprint density at radius 3 is 2.26 bits per heavy atom.